The SMILES string of the molecule is O=c1[nH]nc2ccc(NCc3ccccc3F)nn12. The first-order valence-corrected chi connectivity index (χ1v) is 5.66. The maximum Gasteiger partial charge on any atom is 0.364 e. The molecule has 3 rings (SSSR count). The number of hydrogen-bond acceptors (Lipinski definition) is 4. The van der Waals surface area contributed by atoms with Gasteiger partial charge in [0, 0.05) is 12.1 Å². The van der Waals surface area contributed by atoms with E-state index in [-0.39, 0.29) is 12.4 Å². The van der Waals surface area contributed by atoms with Crippen LogP contribution in [0.1, 0.15) is 5.56 Å². The van der Waals surface area contributed by atoms with E-state index in [4.69, 9.17) is 0 Å². The maximum absolute atomic E-state index is 13.4. The Hall–Kier alpha value is -2.70. The second-order valence-corrected chi connectivity index (χ2v) is 3.96. The highest BCUT2D eigenvalue weighted by Crippen LogP contribution is 2.09. The molecule has 1 aromatic carbocycles. The summed E-state index contributed by atoms with van der Waals surface area (Å²) >= 11 is 0. The first-order chi connectivity index (χ1) is 9.24. The molecule has 7 heteroatoms. The molecule has 0 unspecified atom stereocenters. The average molecular weight is 259 g/mol. The van der Waals surface area contributed by atoms with E-state index in [1.807, 2.05) is 0 Å². The van der Waals surface area contributed by atoms with Gasteiger partial charge in [-0.3, -0.25) is 0 Å². The number of aromatic amines is 1. The van der Waals surface area contributed by atoms with Crippen molar-refractivity contribution in [2.75, 3.05) is 5.32 Å². The van der Waals surface area contributed by atoms with Gasteiger partial charge in [0.2, 0.25) is 0 Å². The van der Waals surface area contributed by atoms with Crippen molar-refractivity contribution < 1.29 is 4.39 Å². The number of aromatic nitrogens is 4. The van der Waals surface area contributed by atoms with Crippen LogP contribution in [0.3, 0.4) is 0 Å². The van der Waals surface area contributed by atoms with E-state index in [0.29, 0.717) is 17.0 Å². The standard InChI is InChI=1S/C12H10FN5O/c13-9-4-2-1-3-8(9)7-14-10-5-6-11-15-16-12(19)18(11)17-10/h1-6H,7H2,(H,14,17)(H,16,19). The van der Waals surface area contributed by atoms with Crippen LogP contribution in [0.2, 0.25) is 0 Å². The van der Waals surface area contributed by atoms with Gasteiger partial charge >= 0.3 is 5.69 Å². The van der Waals surface area contributed by atoms with Crippen LogP contribution in [0.25, 0.3) is 5.65 Å². The molecule has 2 heterocycles. The van der Waals surface area contributed by atoms with E-state index in [9.17, 15) is 9.18 Å². The topological polar surface area (TPSA) is 75.1 Å². The Kier molecular flexibility index (Phi) is 2.71. The number of nitrogens with zero attached hydrogens (tertiary/aromatic N) is 3. The first-order valence-electron chi connectivity index (χ1n) is 5.66. The Morgan fingerprint density at radius 1 is 1.26 bits per heavy atom. The molecule has 0 aliphatic heterocycles. The number of rotatable bonds is 3. The van der Waals surface area contributed by atoms with E-state index in [1.165, 1.54) is 6.07 Å². The molecule has 0 atom stereocenters. The van der Waals surface area contributed by atoms with Crippen LogP contribution < -0.4 is 11.0 Å². The predicted octanol–water partition coefficient (Wildman–Crippen LogP) is 1.17. The van der Waals surface area contributed by atoms with Crippen LogP contribution in [0.4, 0.5) is 10.2 Å². The van der Waals surface area contributed by atoms with Crippen molar-refractivity contribution in [1.82, 2.24) is 19.8 Å². The van der Waals surface area contributed by atoms with Gasteiger partial charge in [0.05, 0.1) is 0 Å². The van der Waals surface area contributed by atoms with Crippen LogP contribution >= 0.6 is 0 Å². The zero-order valence-corrected chi connectivity index (χ0v) is 9.80. The second kappa shape index (κ2) is 4.52. The monoisotopic (exact) mass is 259 g/mol. The molecule has 0 aliphatic rings. The number of hydrogen-bond donors (Lipinski definition) is 2. The molecule has 0 spiro atoms. The van der Waals surface area contributed by atoms with Crippen LogP contribution in [0.15, 0.2) is 41.2 Å². The lowest BCUT2D eigenvalue weighted by molar-refractivity contribution is 0.612. The van der Waals surface area contributed by atoms with Gasteiger partial charge in [0.15, 0.2) is 5.65 Å². The Labute approximate surface area is 106 Å². The molecule has 6 nitrogen and oxygen atoms in total. The molecule has 0 saturated carbocycles. The molecule has 0 bridgehead atoms. The molecule has 19 heavy (non-hydrogen) atoms. The van der Waals surface area contributed by atoms with E-state index in [2.05, 4.69) is 20.6 Å². The molecule has 0 radical (unpaired) electrons. The van der Waals surface area contributed by atoms with E-state index >= 15 is 0 Å². The van der Waals surface area contributed by atoms with Crippen molar-refractivity contribution in [3.63, 3.8) is 0 Å². The van der Waals surface area contributed by atoms with Gasteiger partial charge < -0.3 is 5.32 Å². The number of benzene rings is 1. The molecule has 2 N–H and O–H groups in total. The fourth-order valence-electron chi connectivity index (χ4n) is 1.72. The van der Waals surface area contributed by atoms with Gasteiger partial charge in [-0.05, 0) is 18.2 Å². The molecule has 3 aromatic rings. The van der Waals surface area contributed by atoms with Crippen molar-refractivity contribution >= 4 is 11.5 Å². The fraction of sp³-hybridized carbons (Fsp3) is 0.0833. The summed E-state index contributed by atoms with van der Waals surface area (Å²) in [5.74, 6) is 0.191. The largest absolute Gasteiger partial charge is 0.364 e. The van der Waals surface area contributed by atoms with Crippen molar-refractivity contribution in [2.45, 2.75) is 6.54 Å². The fourth-order valence-corrected chi connectivity index (χ4v) is 1.72. The third-order valence-electron chi connectivity index (χ3n) is 2.69. The summed E-state index contributed by atoms with van der Waals surface area (Å²) in [5, 5.41) is 13.1. The molecule has 0 saturated heterocycles. The maximum atomic E-state index is 13.4. The number of nitrogens with one attached hydrogen (secondary N) is 2. The summed E-state index contributed by atoms with van der Waals surface area (Å²) in [5.41, 5.74) is 0.551. The van der Waals surface area contributed by atoms with Gasteiger partial charge in [-0.15, -0.1) is 5.10 Å². The summed E-state index contributed by atoms with van der Waals surface area (Å²) < 4.78 is 14.6. The van der Waals surface area contributed by atoms with E-state index in [1.54, 1.807) is 30.3 Å². The highest BCUT2D eigenvalue weighted by atomic mass is 19.1. The molecule has 96 valence electrons. The number of halogens is 1. The lowest BCUT2D eigenvalue weighted by Crippen LogP contribution is -2.14. The lowest BCUT2D eigenvalue weighted by Gasteiger charge is -2.06. The highest BCUT2D eigenvalue weighted by Gasteiger charge is 2.04. The molecule has 2 aromatic heterocycles. The third-order valence-corrected chi connectivity index (χ3v) is 2.69. The lowest BCUT2D eigenvalue weighted by atomic mass is 10.2. The van der Waals surface area contributed by atoms with Gasteiger partial charge in [-0.2, -0.15) is 9.61 Å². The van der Waals surface area contributed by atoms with Gasteiger partial charge in [0.25, 0.3) is 0 Å². The minimum atomic E-state index is -0.412. The van der Waals surface area contributed by atoms with Gasteiger partial charge in [0.1, 0.15) is 11.6 Å². The number of H-pyrrole nitrogens is 1. The number of anilines is 1. The van der Waals surface area contributed by atoms with Gasteiger partial charge in [-0.25, -0.2) is 14.3 Å². The quantitative estimate of drug-likeness (QED) is 0.740. The average Bonchev–Trinajstić information content (AvgIpc) is 2.79. The van der Waals surface area contributed by atoms with Crippen molar-refractivity contribution in [3.8, 4) is 0 Å². The summed E-state index contributed by atoms with van der Waals surface area (Å²) in [4.78, 5) is 11.4. The van der Waals surface area contributed by atoms with Crippen molar-refractivity contribution in [2.24, 2.45) is 0 Å². The van der Waals surface area contributed by atoms with Crippen molar-refractivity contribution in [1.29, 1.82) is 0 Å². The highest BCUT2D eigenvalue weighted by molar-refractivity contribution is 5.43. The first kappa shape index (κ1) is 11.4. The summed E-state index contributed by atoms with van der Waals surface area (Å²) in [6.07, 6.45) is 0. The number of fused-ring (bicyclic) bond motifs is 1. The molecule has 0 fully saturated rings. The normalized spacial score (nSPS) is 10.8. The van der Waals surface area contributed by atoms with Gasteiger partial charge in [-0.1, -0.05) is 18.2 Å². The Morgan fingerprint density at radius 3 is 2.95 bits per heavy atom. The Balaban J connectivity index is 1.84. The minimum Gasteiger partial charge on any atom is -0.364 e. The van der Waals surface area contributed by atoms with Crippen LogP contribution in [0.5, 0.6) is 0 Å². The zero-order valence-electron chi connectivity index (χ0n) is 9.80. The summed E-state index contributed by atoms with van der Waals surface area (Å²) in [6.45, 7) is 0.289. The Morgan fingerprint density at radius 2 is 2.11 bits per heavy atom. The summed E-state index contributed by atoms with van der Waals surface area (Å²) in [6, 6.07) is 9.80. The predicted molar refractivity (Wildman–Crippen MR) is 67.3 cm³/mol. The van der Waals surface area contributed by atoms with Crippen LogP contribution in [-0.4, -0.2) is 19.8 Å². The second-order valence-electron chi connectivity index (χ2n) is 3.96. The molecular weight excluding hydrogens is 249 g/mol. The van der Waals surface area contributed by atoms with Crippen molar-refractivity contribution in [3.05, 3.63) is 58.3 Å². The van der Waals surface area contributed by atoms with E-state index < -0.39 is 5.69 Å². The van der Waals surface area contributed by atoms with Crippen LogP contribution in [-0.2, 0) is 6.54 Å². The third kappa shape index (κ3) is 2.17. The molecule has 0 aliphatic carbocycles. The smallest absolute Gasteiger partial charge is 0.364 e. The Bertz CT molecular complexity index is 779. The van der Waals surface area contributed by atoms with E-state index in [0.717, 1.165) is 4.52 Å². The minimum absolute atomic E-state index is 0.281. The zero-order chi connectivity index (χ0) is 13.2. The molecule has 0 amide bonds. The molecular formula is C12H10FN5O. The summed E-state index contributed by atoms with van der Waals surface area (Å²) in [7, 11) is 0. The van der Waals surface area contributed by atoms with Crippen LogP contribution in [0, 0.1) is 5.82 Å².